The van der Waals surface area contributed by atoms with Gasteiger partial charge in [-0.1, -0.05) is 6.92 Å². The predicted molar refractivity (Wildman–Crippen MR) is 50.7 cm³/mol. The van der Waals surface area contributed by atoms with E-state index < -0.39 is 11.2 Å². The van der Waals surface area contributed by atoms with E-state index in [1.165, 1.54) is 11.1 Å². The van der Waals surface area contributed by atoms with Gasteiger partial charge >= 0.3 is 0 Å². The molecule has 0 radical (unpaired) electrons. The third kappa shape index (κ3) is 1.99. The molecular weight excluding hydrogens is 170 g/mol. The number of hydrogen-bond donors (Lipinski definition) is 0. The van der Waals surface area contributed by atoms with Gasteiger partial charge in [0.2, 0.25) is 5.03 Å². The first-order chi connectivity index (χ1) is 5.65. The summed E-state index contributed by atoms with van der Waals surface area (Å²) in [5.74, 6) is 0. The van der Waals surface area contributed by atoms with Gasteiger partial charge in [0.25, 0.3) is 0 Å². The minimum absolute atomic E-state index is 0.671. The van der Waals surface area contributed by atoms with Crippen LogP contribution in [0.25, 0.3) is 0 Å². The zero-order valence-corrected chi connectivity index (χ0v) is 8.44. The summed E-state index contributed by atoms with van der Waals surface area (Å²) in [4.78, 5) is 4.11. The fourth-order valence-corrected chi connectivity index (χ4v) is 1.63. The van der Waals surface area contributed by atoms with E-state index in [1.54, 1.807) is 6.26 Å². The fourth-order valence-electron chi connectivity index (χ4n) is 1.09. The molecule has 0 aliphatic rings. The van der Waals surface area contributed by atoms with Gasteiger partial charge in [-0.2, -0.15) is 0 Å². The van der Waals surface area contributed by atoms with Crippen LogP contribution >= 0.6 is 0 Å². The summed E-state index contributed by atoms with van der Waals surface area (Å²) in [6, 6.07) is 1.90. The Kier molecular flexibility index (Phi) is 3.12. The molecule has 0 aliphatic carbocycles. The third-order valence-electron chi connectivity index (χ3n) is 1.87. The Balaban J connectivity index is 3.02. The Morgan fingerprint density at radius 2 is 2.25 bits per heavy atom. The Labute approximate surface area is 76.2 Å². The van der Waals surface area contributed by atoms with E-state index in [4.69, 9.17) is 0 Å². The van der Waals surface area contributed by atoms with Crippen LogP contribution in [-0.4, -0.2) is 15.8 Å². The molecular formula is C9H13NOS. The standard InChI is InChI=1S/C9H13NOS/c1-4-8-6-10-9(12(3)11)5-7(8)2/h5-6H,4H2,1-3H3. The molecule has 12 heavy (non-hydrogen) atoms. The lowest BCUT2D eigenvalue weighted by atomic mass is 10.1. The molecule has 1 rings (SSSR count). The van der Waals surface area contributed by atoms with Crippen LogP contribution in [0.4, 0.5) is 0 Å². The Morgan fingerprint density at radius 1 is 1.58 bits per heavy atom. The summed E-state index contributed by atoms with van der Waals surface area (Å²) in [6.07, 6.45) is 4.44. The highest BCUT2D eigenvalue weighted by atomic mass is 32.2. The first-order valence-electron chi connectivity index (χ1n) is 3.94. The SMILES string of the molecule is CCc1cnc([S+](C)[O-])cc1C. The molecule has 0 spiro atoms. The van der Waals surface area contributed by atoms with Crippen LogP contribution in [0.3, 0.4) is 0 Å². The van der Waals surface area contributed by atoms with Crippen molar-refractivity contribution in [2.45, 2.75) is 25.3 Å². The van der Waals surface area contributed by atoms with Crippen LogP contribution in [0.2, 0.25) is 0 Å². The second-order valence-electron chi connectivity index (χ2n) is 2.76. The molecule has 0 aliphatic heterocycles. The van der Waals surface area contributed by atoms with Crippen LogP contribution in [0.15, 0.2) is 17.3 Å². The first-order valence-corrected chi connectivity index (χ1v) is 5.50. The second-order valence-corrected chi connectivity index (χ2v) is 4.08. The fraction of sp³-hybridized carbons (Fsp3) is 0.444. The van der Waals surface area contributed by atoms with Crippen molar-refractivity contribution in [3.05, 3.63) is 23.4 Å². The topological polar surface area (TPSA) is 36.0 Å². The van der Waals surface area contributed by atoms with E-state index in [9.17, 15) is 4.55 Å². The molecule has 0 amide bonds. The van der Waals surface area contributed by atoms with Crippen molar-refractivity contribution in [2.75, 3.05) is 6.26 Å². The van der Waals surface area contributed by atoms with Gasteiger partial charge in [0.05, 0.1) is 0 Å². The van der Waals surface area contributed by atoms with Gasteiger partial charge in [0.1, 0.15) is 6.26 Å². The average molecular weight is 183 g/mol. The minimum Gasteiger partial charge on any atom is -0.610 e. The Bertz CT molecular complexity index is 273. The number of rotatable bonds is 2. The van der Waals surface area contributed by atoms with E-state index in [0.29, 0.717) is 5.03 Å². The molecule has 0 saturated carbocycles. The summed E-state index contributed by atoms with van der Waals surface area (Å²) in [5.41, 5.74) is 2.40. The molecule has 0 N–H and O–H groups in total. The molecule has 0 bridgehead atoms. The van der Waals surface area contributed by atoms with Crippen molar-refractivity contribution in [3.63, 3.8) is 0 Å². The molecule has 2 nitrogen and oxygen atoms in total. The normalized spacial score (nSPS) is 13.0. The van der Waals surface area contributed by atoms with Crippen LogP contribution in [0.1, 0.15) is 18.1 Å². The maximum atomic E-state index is 11.0. The Morgan fingerprint density at radius 3 is 2.67 bits per heavy atom. The van der Waals surface area contributed by atoms with Crippen LogP contribution < -0.4 is 0 Å². The highest BCUT2D eigenvalue weighted by molar-refractivity contribution is 7.90. The molecule has 0 saturated heterocycles. The van der Waals surface area contributed by atoms with E-state index in [-0.39, 0.29) is 0 Å². The third-order valence-corrected chi connectivity index (χ3v) is 2.68. The van der Waals surface area contributed by atoms with Gasteiger partial charge in [0.15, 0.2) is 0 Å². The number of hydrogen-bond acceptors (Lipinski definition) is 2. The Hall–Kier alpha value is -0.540. The molecule has 1 aromatic rings. The predicted octanol–water partition coefficient (Wildman–Crippen LogP) is 1.69. The molecule has 1 atom stereocenters. The first kappa shape index (κ1) is 9.55. The smallest absolute Gasteiger partial charge is 0.244 e. The maximum Gasteiger partial charge on any atom is 0.244 e. The summed E-state index contributed by atoms with van der Waals surface area (Å²) >= 11 is -0.961. The number of nitrogens with zero attached hydrogens (tertiary/aromatic N) is 1. The molecule has 1 heterocycles. The van der Waals surface area contributed by atoms with Crippen molar-refractivity contribution in [1.29, 1.82) is 0 Å². The molecule has 3 heteroatoms. The zero-order valence-electron chi connectivity index (χ0n) is 7.63. The highest BCUT2D eigenvalue weighted by Gasteiger charge is 2.07. The van der Waals surface area contributed by atoms with Crippen LogP contribution in [-0.2, 0) is 17.6 Å². The summed E-state index contributed by atoms with van der Waals surface area (Å²) in [7, 11) is 0. The van der Waals surface area contributed by atoms with E-state index in [1.807, 2.05) is 19.2 Å². The van der Waals surface area contributed by atoms with Gasteiger partial charge in [-0.25, -0.2) is 4.98 Å². The highest BCUT2D eigenvalue weighted by Crippen LogP contribution is 2.12. The number of aryl methyl sites for hydroxylation is 2. The molecule has 0 aromatic carbocycles. The lowest BCUT2D eigenvalue weighted by Crippen LogP contribution is -2.02. The lowest BCUT2D eigenvalue weighted by molar-refractivity contribution is 0.597. The minimum atomic E-state index is -0.961. The molecule has 66 valence electrons. The lowest BCUT2D eigenvalue weighted by Gasteiger charge is -2.06. The van der Waals surface area contributed by atoms with Gasteiger partial charge in [-0.05, 0) is 24.5 Å². The summed E-state index contributed by atoms with van der Waals surface area (Å²) < 4.78 is 11.0. The summed E-state index contributed by atoms with van der Waals surface area (Å²) in [5, 5.41) is 0.671. The van der Waals surface area contributed by atoms with Gasteiger partial charge < -0.3 is 4.55 Å². The van der Waals surface area contributed by atoms with Crippen molar-refractivity contribution in [2.24, 2.45) is 0 Å². The zero-order chi connectivity index (χ0) is 9.14. The van der Waals surface area contributed by atoms with E-state index in [0.717, 1.165) is 6.42 Å². The number of pyridine rings is 1. The van der Waals surface area contributed by atoms with Crippen LogP contribution in [0.5, 0.6) is 0 Å². The largest absolute Gasteiger partial charge is 0.610 e. The molecule has 1 aromatic heterocycles. The maximum absolute atomic E-state index is 11.0. The van der Waals surface area contributed by atoms with Gasteiger partial charge in [-0.15, -0.1) is 0 Å². The van der Waals surface area contributed by atoms with E-state index >= 15 is 0 Å². The second kappa shape index (κ2) is 3.92. The summed E-state index contributed by atoms with van der Waals surface area (Å²) in [6.45, 7) is 4.11. The van der Waals surface area contributed by atoms with Crippen molar-refractivity contribution in [1.82, 2.24) is 4.98 Å². The van der Waals surface area contributed by atoms with E-state index in [2.05, 4.69) is 11.9 Å². The average Bonchev–Trinajstić information content (AvgIpc) is 2.04. The monoisotopic (exact) mass is 183 g/mol. The van der Waals surface area contributed by atoms with Crippen molar-refractivity contribution < 1.29 is 4.55 Å². The van der Waals surface area contributed by atoms with Crippen molar-refractivity contribution >= 4 is 11.2 Å². The molecule has 1 unspecified atom stereocenters. The van der Waals surface area contributed by atoms with Crippen molar-refractivity contribution in [3.8, 4) is 0 Å². The van der Waals surface area contributed by atoms with Gasteiger partial charge in [0, 0.05) is 23.4 Å². The molecule has 0 fully saturated rings. The van der Waals surface area contributed by atoms with Crippen LogP contribution in [0, 0.1) is 6.92 Å². The van der Waals surface area contributed by atoms with Gasteiger partial charge in [-0.3, -0.25) is 0 Å². The number of aromatic nitrogens is 1. The quantitative estimate of drug-likeness (QED) is 0.654.